The summed E-state index contributed by atoms with van der Waals surface area (Å²) >= 11 is 0. The molecule has 0 radical (unpaired) electrons. The molecule has 0 atom stereocenters. The number of H-pyrrole nitrogens is 1. The lowest BCUT2D eigenvalue weighted by molar-refractivity contribution is 0.102. The molecule has 110 valence electrons. The van der Waals surface area contributed by atoms with Crippen molar-refractivity contribution in [3.8, 4) is 0 Å². The molecule has 5 nitrogen and oxygen atoms in total. The number of carbonyl (C=O) groups is 1. The number of pyridine rings is 2. The number of aromatic amines is 1. The average molecular weight is 297 g/mol. The van der Waals surface area contributed by atoms with Crippen molar-refractivity contribution in [2.24, 2.45) is 0 Å². The molecule has 0 spiro atoms. The predicted octanol–water partition coefficient (Wildman–Crippen LogP) is 2.62. The van der Waals surface area contributed by atoms with E-state index in [9.17, 15) is 14.0 Å². The van der Waals surface area contributed by atoms with Gasteiger partial charge in [-0.3, -0.25) is 9.59 Å². The van der Waals surface area contributed by atoms with Crippen molar-refractivity contribution < 1.29 is 9.18 Å². The fourth-order valence-electron chi connectivity index (χ4n) is 2.15. The lowest BCUT2D eigenvalue weighted by Crippen LogP contribution is -2.22. The van der Waals surface area contributed by atoms with E-state index < -0.39 is 17.2 Å². The maximum atomic E-state index is 13.3. The zero-order chi connectivity index (χ0) is 15.7. The number of aromatic nitrogens is 2. The molecule has 1 aromatic carbocycles. The highest BCUT2D eigenvalue weighted by Gasteiger charge is 2.14. The molecule has 0 aliphatic rings. The molecule has 2 aromatic heterocycles. The van der Waals surface area contributed by atoms with Gasteiger partial charge < -0.3 is 10.3 Å². The molecule has 0 bridgehead atoms. The first-order valence-corrected chi connectivity index (χ1v) is 6.60. The van der Waals surface area contributed by atoms with Gasteiger partial charge in [-0.25, -0.2) is 9.37 Å². The minimum Gasteiger partial charge on any atom is -0.360 e. The van der Waals surface area contributed by atoms with Crippen LogP contribution in [0.5, 0.6) is 0 Å². The fourth-order valence-corrected chi connectivity index (χ4v) is 2.15. The van der Waals surface area contributed by atoms with Crippen molar-refractivity contribution >= 4 is 22.6 Å². The molecule has 1 amide bonds. The van der Waals surface area contributed by atoms with Crippen LogP contribution in [0.25, 0.3) is 10.9 Å². The number of aryl methyl sites for hydroxylation is 1. The van der Waals surface area contributed by atoms with Crippen LogP contribution in [0.4, 0.5) is 10.2 Å². The van der Waals surface area contributed by atoms with E-state index in [2.05, 4.69) is 15.3 Å². The van der Waals surface area contributed by atoms with E-state index in [4.69, 9.17) is 0 Å². The quantitative estimate of drug-likeness (QED) is 0.763. The molecule has 0 aliphatic heterocycles. The van der Waals surface area contributed by atoms with Gasteiger partial charge in [0, 0.05) is 23.3 Å². The molecule has 0 fully saturated rings. The molecule has 22 heavy (non-hydrogen) atoms. The highest BCUT2D eigenvalue weighted by Crippen LogP contribution is 2.13. The maximum absolute atomic E-state index is 13.3. The van der Waals surface area contributed by atoms with Gasteiger partial charge in [0.05, 0.1) is 0 Å². The first-order chi connectivity index (χ1) is 10.6. The first kappa shape index (κ1) is 13.9. The average Bonchev–Trinajstić information content (AvgIpc) is 2.50. The van der Waals surface area contributed by atoms with Crippen LogP contribution < -0.4 is 10.7 Å². The van der Waals surface area contributed by atoms with Crippen LogP contribution in [0.15, 0.2) is 47.5 Å². The number of nitrogens with zero attached hydrogens (tertiary/aromatic N) is 1. The second-order valence-corrected chi connectivity index (χ2v) is 4.84. The van der Waals surface area contributed by atoms with Gasteiger partial charge in [0.15, 0.2) is 0 Å². The standard InChI is InChI=1S/C16H12FN3O2/c1-9-3-2-6-18-15(9)20-16(22)12-8-19-13-5-4-10(17)7-11(13)14(12)21/h2-8H,1H3,(H,19,21)(H,18,20,22). The van der Waals surface area contributed by atoms with Crippen molar-refractivity contribution in [1.82, 2.24) is 9.97 Å². The normalized spacial score (nSPS) is 10.6. The van der Waals surface area contributed by atoms with Crippen LogP contribution in [0, 0.1) is 12.7 Å². The van der Waals surface area contributed by atoms with E-state index >= 15 is 0 Å². The molecule has 6 heteroatoms. The van der Waals surface area contributed by atoms with E-state index in [1.807, 2.05) is 0 Å². The smallest absolute Gasteiger partial charge is 0.262 e. The second kappa shape index (κ2) is 5.40. The van der Waals surface area contributed by atoms with Gasteiger partial charge in [0.2, 0.25) is 5.43 Å². The largest absolute Gasteiger partial charge is 0.360 e. The summed E-state index contributed by atoms with van der Waals surface area (Å²) in [4.78, 5) is 31.4. The van der Waals surface area contributed by atoms with E-state index in [1.165, 1.54) is 18.3 Å². The van der Waals surface area contributed by atoms with Crippen molar-refractivity contribution in [2.75, 3.05) is 5.32 Å². The second-order valence-electron chi connectivity index (χ2n) is 4.84. The number of fused-ring (bicyclic) bond motifs is 1. The third-order valence-corrected chi connectivity index (χ3v) is 3.33. The fraction of sp³-hybridized carbons (Fsp3) is 0.0625. The zero-order valence-corrected chi connectivity index (χ0v) is 11.7. The molecule has 2 heterocycles. The molecule has 0 unspecified atom stereocenters. The number of hydrogen-bond acceptors (Lipinski definition) is 3. The molecule has 3 rings (SSSR count). The van der Waals surface area contributed by atoms with Gasteiger partial charge in [-0.05, 0) is 36.8 Å². The van der Waals surface area contributed by atoms with Crippen LogP contribution >= 0.6 is 0 Å². The SMILES string of the molecule is Cc1cccnc1NC(=O)c1c[nH]c2ccc(F)cc2c1=O. The minimum atomic E-state index is -0.589. The van der Waals surface area contributed by atoms with Crippen molar-refractivity contribution in [2.45, 2.75) is 6.92 Å². The Hall–Kier alpha value is -3.02. The van der Waals surface area contributed by atoms with Gasteiger partial charge in [-0.2, -0.15) is 0 Å². The summed E-state index contributed by atoms with van der Waals surface area (Å²) in [6.45, 7) is 1.79. The molecule has 0 saturated heterocycles. The molecular weight excluding hydrogens is 285 g/mol. The van der Waals surface area contributed by atoms with Crippen molar-refractivity contribution in [3.05, 3.63) is 69.9 Å². The number of carbonyl (C=O) groups excluding carboxylic acids is 1. The topological polar surface area (TPSA) is 74.8 Å². The number of rotatable bonds is 2. The van der Waals surface area contributed by atoms with E-state index in [0.717, 1.165) is 11.6 Å². The molecule has 2 N–H and O–H groups in total. The van der Waals surface area contributed by atoms with E-state index in [0.29, 0.717) is 11.3 Å². The van der Waals surface area contributed by atoms with Crippen LogP contribution in [0.3, 0.4) is 0 Å². The van der Waals surface area contributed by atoms with Crippen molar-refractivity contribution in [3.63, 3.8) is 0 Å². The monoisotopic (exact) mass is 297 g/mol. The Kier molecular flexibility index (Phi) is 3.42. The van der Waals surface area contributed by atoms with Gasteiger partial charge in [-0.1, -0.05) is 6.07 Å². The van der Waals surface area contributed by atoms with Crippen molar-refractivity contribution in [1.29, 1.82) is 0 Å². The molecular formula is C16H12FN3O2. The van der Waals surface area contributed by atoms with Crippen LogP contribution in [-0.2, 0) is 0 Å². The summed E-state index contributed by atoms with van der Waals surface area (Å²) < 4.78 is 13.3. The lowest BCUT2D eigenvalue weighted by Gasteiger charge is -2.07. The Morgan fingerprint density at radius 3 is 2.91 bits per heavy atom. The number of halogens is 1. The van der Waals surface area contributed by atoms with Gasteiger partial charge in [-0.15, -0.1) is 0 Å². The minimum absolute atomic E-state index is 0.0943. The Morgan fingerprint density at radius 1 is 1.32 bits per heavy atom. The Balaban J connectivity index is 2.03. The predicted molar refractivity (Wildman–Crippen MR) is 81.5 cm³/mol. The summed E-state index contributed by atoms with van der Waals surface area (Å²) in [7, 11) is 0. The third kappa shape index (κ3) is 2.46. The van der Waals surface area contributed by atoms with E-state index in [1.54, 1.807) is 25.3 Å². The van der Waals surface area contributed by atoms with Crippen LogP contribution in [0.2, 0.25) is 0 Å². The van der Waals surface area contributed by atoms with Gasteiger partial charge in [0.25, 0.3) is 5.91 Å². The van der Waals surface area contributed by atoms with Gasteiger partial charge in [0.1, 0.15) is 17.2 Å². The zero-order valence-electron chi connectivity index (χ0n) is 11.7. The Bertz CT molecular complexity index is 934. The van der Waals surface area contributed by atoms with Crippen LogP contribution in [0.1, 0.15) is 15.9 Å². The Morgan fingerprint density at radius 2 is 2.14 bits per heavy atom. The molecule has 0 saturated carbocycles. The summed E-state index contributed by atoms with van der Waals surface area (Å²) in [6, 6.07) is 7.35. The number of anilines is 1. The van der Waals surface area contributed by atoms with E-state index in [-0.39, 0.29) is 10.9 Å². The highest BCUT2D eigenvalue weighted by atomic mass is 19.1. The number of hydrogen-bond donors (Lipinski definition) is 2. The summed E-state index contributed by atoms with van der Waals surface area (Å²) in [5.74, 6) is -0.739. The number of benzene rings is 1. The summed E-state index contributed by atoms with van der Waals surface area (Å²) in [5.41, 5.74) is 0.624. The molecule has 0 aliphatic carbocycles. The number of nitrogens with one attached hydrogen (secondary N) is 2. The summed E-state index contributed by atoms with van der Waals surface area (Å²) in [6.07, 6.45) is 2.86. The number of amides is 1. The third-order valence-electron chi connectivity index (χ3n) is 3.33. The maximum Gasteiger partial charge on any atom is 0.262 e. The Labute approximate surface area is 124 Å². The highest BCUT2D eigenvalue weighted by molar-refractivity contribution is 6.05. The molecule has 3 aromatic rings. The lowest BCUT2D eigenvalue weighted by atomic mass is 10.1. The summed E-state index contributed by atoms with van der Waals surface area (Å²) in [5, 5.41) is 2.71. The first-order valence-electron chi connectivity index (χ1n) is 6.60. The van der Waals surface area contributed by atoms with Gasteiger partial charge >= 0.3 is 0 Å². The van der Waals surface area contributed by atoms with Crippen LogP contribution in [-0.4, -0.2) is 15.9 Å².